The van der Waals surface area contributed by atoms with Gasteiger partial charge in [0.15, 0.2) is 0 Å². The predicted octanol–water partition coefficient (Wildman–Crippen LogP) is 3.84. The van der Waals surface area contributed by atoms with Crippen molar-refractivity contribution in [2.75, 3.05) is 26.7 Å². The number of amides is 1. The monoisotopic (exact) mass is 508 g/mol. The third-order valence-electron chi connectivity index (χ3n) is 7.91. The van der Waals surface area contributed by atoms with Crippen LogP contribution in [0.4, 0.5) is 0 Å². The van der Waals surface area contributed by atoms with E-state index in [1.807, 2.05) is 40.8 Å². The van der Waals surface area contributed by atoms with Gasteiger partial charge in [0.1, 0.15) is 0 Å². The van der Waals surface area contributed by atoms with Crippen molar-refractivity contribution >= 4 is 26.8 Å². The Labute approximate surface area is 214 Å². The Morgan fingerprint density at radius 3 is 2.36 bits per heavy atom. The van der Waals surface area contributed by atoms with E-state index in [4.69, 9.17) is 0 Å². The van der Waals surface area contributed by atoms with Crippen molar-refractivity contribution in [2.24, 2.45) is 13.0 Å². The van der Waals surface area contributed by atoms with Gasteiger partial charge in [-0.15, -0.1) is 0 Å². The van der Waals surface area contributed by atoms with Gasteiger partial charge in [-0.1, -0.05) is 36.4 Å². The smallest absolute Gasteiger partial charge is 0.240 e. The minimum absolute atomic E-state index is 0.00673. The van der Waals surface area contributed by atoms with Gasteiger partial charge >= 0.3 is 0 Å². The van der Waals surface area contributed by atoms with Crippen LogP contribution in [0.3, 0.4) is 0 Å². The fourth-order valence-electron chi connectivity index (χ4n) is 5.81. The maximum atomic E-state index is 13.3. The number of carbonyl (C=O) groups excluding carboxylic acids is 1. The zero-order chi connectivity index (χ0) is 25.4. The fraction of sp³-hybridized carbons (Fsp3) is 0.464. The van der Waals surface area contributed by atoms with E-state index in [-0.39, 0.29) is 28.8 Å². The van der Waals surface area contributed by atoms with Crippen LogP contribution in [0.15, 0.2) is 59.5 Å². The molecule has 0 spiro atoms. The average Bonchev–Trinajstić information content (AvgIpc) is 3.20. The van der Waals surface area contributed by atoms with Crippen molar-refractivity contribution in [2.45, 2.75) is 49.6 Å². The van der Waals surface area contributed by atoms with E-state index in [1.54, 1.807) is 12.1 Å². The SMILES string of the molecule is C[C@H]1CN(C)CCN1C(=O)C1CCC(NS(=O)(=O)c2ccc3cc(-c4ccccc4)n(C)c3c2)CC1. The van der Waals surface area contributed by atoms with E-state index in [0.717, 1.165) is 54.6 Å². The summed E-state index contributed by atoms with van der Waals surface area (Å²) < 4.78 is 31.5. The Morgan fingerprint density at radius 1 is 0.944 bits per heavy atom. The van der Waals surface area contributed by atoms with Crippen LogP contribution in [0.5, 0.6) is 0 Å². The Morgan fingerprint density at radius 2 is 1.67 bits per heavy atom. The highest BCUT2D eigenvalue weighted by atomic mass is 32.2. The molecule has 1 saturated carbocycles. The number of aryl methyl sites for hydroxylation is 1. The second-order valence-corrected chi connectivity index (χ2v) is 12.2. The number of fused-ring (bicyclic) bond motifs is 1. The Bertz CT molecular complexity index is 1340. The van der Waals surface area contributed by atoms with E-state index in [0.29, 0.717) is 12.8 Å². The number of aromatic nitrogens is 1. The van der Waals surface area contributed by atoms with Gasteiger partial charge in [0.2, 0.25) is 15.9 Å². The van der Waals surface area contributed by atoms with Crippen LogP contribution in [-0.2, 0) is 21.9 Å². The molecule has 2 aliphatic rings. The first-order chi connectivity index (χ1) is 17.2. The van der Waals surface area contributed by atoms with E-state index in [2.05, 4.69) is 41.8 Å². The molecule has 1 amide bonds. The number of piperazine rings is 1. The summed E-state index contributed by atoms with van der Waals surface area (Å²) in [5, 5.41) is 1.01. The van der Waals surface area contributed by atoms with E-state index in [9.17, 15) is 13.2 Å². The molecule has 192 valence electrons. The zero-order valence-electron chi connectivity index (χ0n) is 21.4. The number of nitrogens with one attached hydrogen (secondary N) is 1. The van der Waals surface area contributed by atoms with Crippen molar-refractivity contribution < 1.29 is 13.2 Å². The van der Waals surface area contributed by atoms with E-state index < -0.39 is 10.0 Å². The first-order valence-corrected chi connectivity index (χ1v) is 14.4. The third-order valence-corrected chi connectivity index (χ3v) is 9.43. The van der Waals surface area contributed by atoms with Gasteiger partial charge in [-0.2, -0.15) is 0 Å². The number of rotatable bonds is 5. The molecule has 1 aliphatic carbocycles. The van der Waals surface area contributed by atoms with Crippen molar-refractivity contribution in [3.63, 3.8) is 0 Å². The van der Waals surface area contributed by atoms with Crippen molar-refractivity contribution in [1.29, 1.82) is 0 Å². The Kier molecular flexibility index (Phi) is 6.94. The minimum Gasteiger partial charge on any atom is -0.344 e. The van der Waals surface area contributed by atoms with E-state index in [1.165, 1.54) is 0 Å². The van der Waals surface area contributed by atoms with Gasteiger partial charge in [-0.05, 0) is 63.4 Å². The van der Waals surface area contributed by atoms with Crippen LogP contribution in [0.25, 0.3) is 22.2 Å². The lowest BCUT2D eigenvalue weighted by atomic mass is 9.85. The molecule has 1 aliphatic heterocycles. The van der Waals surface area contributed by atoms with Gasteiger partial charge in [0.25, 0.3) is 0 Å². The summed E-state index contributed by atoms with van der Waals surface area (Å²) in [6.07, 6.45) is 2.81. The van der Waals surface area contributed by atoms with Crippen LogP contribution in [-0.4, -0.2) is 67.5 Å². The summed E-state index contributed by atoms with van der Waals surface area (Å²) in [4.78, 5) is 17.7. The molecular formula is C28H36N4O3S. The van der Waals surface area contributed by atoms with Gasteiger partial charge in [-0.25, -0.2) is 13.1 Å². The number of likely N-dealkylation sites (N-methyl/N-ethyl adjacent to an activating group) is 1. The van der Waals surface area contributed by atoms with Crippen LogP contribution >= 0.6 is 0 Å². The standard InChI is InChI=1S/C28H36N4O3S/c1-20-19-30(2)15-16-32(20)28(33)22-9-12-24(13-10-22)29-36(34,35)25-14-11-23-17-26(31(3)27(23)18-25)21-7-5-4-6-8-21/h4-8,11,14,17-18,20,22,24,29H,9-10,12-13,15-16,19H2,1-3H3/t20-,22?,24?/m0/s1. The van der Waals surface area contributed by atoms with Crippen LogP contribution < -0.4 is 4.72 Å². The molecule has 3 aromatic rings. The fourth-order valence-corrected chi connectivity index (χ4v) is 7.13. The number of carbonyl (C=O) groups is 1. The molecule has 1 atom stereocenters. The van der Waals surface area contributed by atoms with Crippen LogP contribution in [0.2, 0.25) is 0 Å². The lowest BCUT2D eigenvalue weighted by molar-refractivity contribution is -0.141. The summed E-state index contributed by atoms with van der Waals surface area (Å²) in [6.45, 7) is 4.69. The molecule has 36 heavy (non-hydrogen) atoms. The zero-order valence-corrected chi connectivity index (χ0v) is 22.2. The molecule has 7 nitrogen and oxygen atoms in total. The Balaban J connectivity index is 1.25. The number of sulfonamides is 1. The van der Waals surface area contributed by atoms with Crippen molar-refractivity contribution in [3.05, 3.63) is 54.6 Å². The molecule has 8 heteroatoms. The molecule has 5 rings (SSSR count). The Hall–Kier alpha value is -2.68. The van der Waals surface area contributed by atoms with Gasteiger partial charge in [0, 0.05) is 61.3 Å². The average molecular weight is 509 g/mol. The van der Waals surface area contributed by atoms with Crippen LogP contribution in [0, 0.1) is 5.92 Å². The van der Waals surface area contributed by atoms with Crippen molar-refractivity contribution in [3.8, 4) is 11.3 Å². The lowest BCUT2D eigenvalue weighted by Crippen LogP contribution is -2.54. The van der Waals surface area contributed by atoms with Crippen LogP contribution in [0.1, 0.15) is 32.6 Å². The predicted molar refractivity (Wildman–Crippen MR) is 143 cm³/mol. The van der Waals surface area contributed by atoms with Crippen molar-refractivity contribution in [1.82, 2.24) is 19.1 Å². The molecule has 2 fully saturated rings. The molecular weight excluding hydrogens is 472 g/mol. The maximum Gasteiger partial charge on any atom is 0.240 e. The number of nitrogens with zero attached hydrogens (tertiary/aromatic N) is 3. The second kappa shape index (κ2) is 10.00. The number of benzene rings is 2. The second-order valence-electron chi connectivity index (χ2n) is 10.5. The first-order valence-electron chi connectivity index (χ1n) is 12.9. The van der Waals surface area contributed by atoms with Gasteiger partial charge < -0.3 is 14.4 Å². The highest BCUT2D eigenvalue weighted by Gasteiger charge is 2.34. The molecule has 1 N–H and O–H groups in total. The molecule has 0 radical (unpaired) electrons. The minimum atomic E-state index is -3.66. The summed E-state index contributed by atoms with van der Waals surface area (Å²) in [6, 6.07) is 17.6. The molecule has 2 aromatic carbocycles. The molecule has 1 aromatic heterocycles. The first kappa shape index (κ1) is 25.0. The largest absolute Gasteiger partial charge is 0.344 e. The van der Waals surface area contributed by atoms with Gasteiger partial charge in [0.05, 0.1) is 4.90 Å². The number of hydrogen-bond acceptors (Lipinski definition) is 4. The lowest BCUT2D eigenvalue weighted by Gasteiger charge is -2.41. The summed E-state index contributed by atoms with van der Waals surface area (Å²) in [5.41, 5.74) is 3.02. The third kappa shape index (κ3) is 4.94. The molecule has 0 unspecified atom stereocenters. The summed E-state index contributed by atoms with van der Waals surface area (Å²) in [5.74, 6) is 0.230. The highest BCUT2D eigenvalue weighted by molar-refractivity contribution is 7.89. The molecule has 2 heterocycles. The maximum absolute atomic E-state index is 13.3. The molecule has 0 bridgehead atoms. The van der Waals surface area contributed by atoms with Gasteiger partial charge in [-0.3, -0.25) is 4.79 Å². The topological polar surface area (TPSA) is 74.7 Å². The normalized spacial score (nSPS) is 23.8. The molecule has 1 saturated heterocycles. The summed E-state index contributed by atoms with van der Waals surface area (Å²) in [7, 11) is 0.396. The van der Waals surface area contributed by atoms with E-state index >= 15 is 0 Å². The number of hydrogen-bond donors (Lipinski definition) is 1. The summed E-state index contributed by atoms with van der Waals surface area (Å²) >= 11 is 0. The highest BCUT2D eigenvalue weighted by Crippen LogP contribution is 2.31. The quantitative estimate of drug-likeness (QED) is 0.568.